The van der Waals surface area contributed by atoms with E-state index in [1.54, 1.807) is 11.0 Å². The molecule has 5 nitrogen and oxygen atoms in total. The summed E-state index contributed by atoms with van der Waals surface area (Å²) in [5, 5.41) is 6.96. The molecule has 1 aromatic heterocycles. The van der Waals surface area contributed by atoms with E-state index in [4.69, 9.17) is 23.2 Å². The zero-order valence-corrected chi connectivity index (χ0v) is 14.2. The Balaban J connectivity index is 2.76. The number of hydrogen-bond acceptors (Lipinski definition) is 4. The van der Waals surface area contributed by atoms with Gasteiger partial charge >= 0.3 is 0 Å². The standard InChI is InChI=1S/C14H22Cl2N4O/c1-4-7-17-13-10(15)8-11(16)14(19-13)18-9-12(21)20(5-2)6-3/h8H,4-7,9H2,1-3H3,(H2,17,18,19). The maximum absolute atomic E-state index is 12.0. The molecule has 0 saturated heterocycles. The summed E-state index contributed by atoms with van der Waals surface area (Å²) in [6.07, 6.45) is 0.962. The van der Waals surface area contributed by atoms with Gasteiger partial charge in [0.25, 0.3) is 0 Å². The van der Waals surface area contributed by atoms with Gasteiger partial charge in [0.1, 0.15) is 11.6 Å². The van der Waals surface area contributed by atoms with Crippen LogP contribution in [0.2, 0.25) is 10.0 Å². The minimum absolute atomic E-state index is 0.0101. The fourth-order valence-electron chi connectivity index (χ4n) is 1.81. The summed E-state index contributed by atoms with van der Waals surface area (Å²) in [4.78, 5) is 18.0. The SMILES string of the molecule is CCCNc1nc(NCC(=O)N(CC)CC)c(Cl)cc1Cl. The number of aromatic nitrogens is 1. The average molecular weight is 333 g/mol. The molecule has 0 atom stereocenters. The van der Waals surface area contributed by atoms with Crippen LogP contribution < -0.4 is 10.6 Å². The fraction of sp³-hybridized carbons (Fsp3) is 0.571. The van der Waals surface area contributed by atoms with Crippen molar-refractivity contribution in [1.29, 1.82) is 0 Å². The molecule has 0 aliphatic rings. The van der Waals surface area contributed by atoms with E-state index in [1.165, 1.54) is 0 Å². The second-order valence-corrected chi connectivity index (χ2v) is 5.31. The lowest BCUT2D eigenvalue weighted by molar-refractivity contribution is -0.128. The number of amides is 1. The Morgan fingerprint density at radius 3 is 2.24 bits per heavy atom. The molecule has 1 heterocycles. The van der Waals surface area contributed by atoms with E-state index in [1.807, 2.05) is 13.8 Å². The molecule has 1 rings (SSSR count). The van der Waals surface area contributed by atoms with Crippen LogP contribution in [0.15, 0.2) is 6.07 Å². The van der Waals surface area contributed by atoms with Crippen molar-refractivity contribution >= 4 is 40.7 Å². The predicted octanol–water partition coefficient (Wildman–Crippen LogP) is 3.49. The second-order valence-electron chi connectivity index (χ2n) is 4.50. The largest absolute Gasteiger partial charge is 0.369 e. The highest BCUT2D eigenvalue weighted by Gasteiger charge is 2.13. The van der Waals surface area contributed by atoms with Gasteiger partial charge in [0.2, 0.25) is 5.91 Å². The highest BCUT2D eigenvalue weighted by molar-refractivity contribution is 6.37. The van der Waals surface area contributed by atoms with E-state index in [0.717, 1.165) is 13.0 Å². The quantitative estimate of drug-likeness (QED) is 0.765. The lowest BCUT2D eigenvalue weighted by atomic mass is 10.4. The second kappa shape index (κ2) is 8.95. The Labute approximate surface area is 136 Å². The number of rotatable bonds is 8. The molecule has 1 aromatic rings. The maximum atomic E-state index is 12.0. The zero-order valence-electron chi connectivity index (χ0n) is 12.7. The van der Waals surface area contributed by atoms with Crippen LogP contribution in [0.1, 0.15) is 27.2 Å². The first-order valence-electron chi connectivity index (χ1n) is 7.14. The summed E-state index contributed by atoms with van der Waals surface area (Å²) in [5.74, 6) is 1.04. The molecule has 0 aromatic carbocycles. The number of likely N-dealkylation sites (N-methyl/N-ethyl adjacent to an activating group) is 1. The minimum Gasteiger partial charge on any atom is -0.369 e. The lowest BCUT2D eigenvalue weighted by Gasteiger charge is -2.19. The first-order valence-corrected chi connectivity index (χ1v) is 7.90. The van der Waals surface area contributed by atoms with Gasteiger partial charge in [0.15, 0.2) is 0 Å². The maximum Gasteiger partial charge on any atom is 0.241 e. The third kappa shape index (κ3) is 5.25. The summed E-state index contributed by atoms with van der Waals surface area (Å²) in [5.41, 5.74) is 0. The van der Waals surface area contributed by atoms with Gasteiger partial charge in [-0.15, -0.1) is 0 Å². The Kier molecular flexibility index (Phi) is 7.61. The average Bonchev–Trinajstić information content (AvgIpc) is 2.46. The van der Waals surface area contributed by atoms with Gasteiger partial charge in [-0.05, 0) is 26.3 Å². The smallest absolute Gasteiger partial charge is 0.241 e. The number of hydrogen-bond donors (Lipinski definition) is 2. The van der Waals surface area contributed by atoms with Gasteiger partial charge < -0.3 is 15.5 Å². The molecule has 21 heavy (non-hydrogen) atoms. The topological polar surface area (TPSA) is 57.3 Å². The van der Waals surface area contributed by atoms with Crippen molar-refractivity contribution in [3.63, 3.8) is 0 Å². The van der Waals surface area contributed by atoms with Crippen LogP contribution in [0.25, 0.3) is 0 Å². The molecule has 0 saturated carbocycles. The van der Waals surface area contributed by atoms with Crippen LogP contribution in [0, 0.1) is 0 Å². The Bertz CT molecular complexity index is 478. The molecule has 0 spiro atoms. The summed E-state index contributed by atoms with van der Waals surface area (Å²) in [6, 6.07) is 1.62. The van der Waals surface area contributed by atoms with Crippen LogP contribution in [0.3, 0.4) is 0 Å². The van der Waals surface area contributed by atoms with Crippen molar-refractivity contribution in [2.24, 2.45) is 0 Å². The first kappa shape index (κ1) is 17.9. The van der Waals surface area contributed by atoms with Gasteiger partial charge in [0.05, 0.1) is 16.6 Å². The number of halogens is 2. The summed E-state index contributed by atoms with van der Waals surface area (Å²) in [7, 11) is 0. The van der Waals surface area contributed by atoms with Crippen LogP contribution in [-0.2, 0) is 4.79 Å². The van der Waals surface area contributed by atoms with Gasteiger partial charge in [-0.25, -0.2) is 4.98 Å². The van der Waals surface area contributed by atoms with Crippen molar-refractivity contribution < 1.29 is 4.79 Å². The fourth-order valence-corrected chi connectivity index (χ4v) is 2.30. The highest BCUT2D eigenvalue weighted by Crippen LogP contribution is 2.29. The number of anilines is 2. The van der Waals surface area contributed by atoms with Crippen molar-refractivity contribution in [3.8, 4) is 0 Å². The van der Waals surface area contributed by atoms with Crippen LogP contribution >= 0.6 is 23.2 Å². The lowest BCUT2D eigenvalue weighted by Crippen LogP contribution is -2.35. The highest BCUT2D eigenvalue weighted by atomic mass is 35.5. The van der Waals surface area contributed by atoms with Gasteiger partial charge in [-0.1, -0.05) is 30.1 Å². The molecule has 7 heteroatoms. The monoisotopic (exact) mass is 332 g/mol. The molecular weight excluding hydrogens is 311 g/mol. The Morgan fingerprint density at radius 2 is 1.71 bits per heavy atom. The predicted molar refractivity (Wildman–Crippen MR) is 89.5 cm³/mol. The molecule has 1 amide bonds. The third-order valence-electron chi connectivity index (χ3n) is 3.00. The van der Waals surface area contributed by atoms with Crippen molar-refractivity contribution in [2.45, 2.75) is 27.2 Å². The number of nitrogens with one attached hydrogen (secondary N) is 2. The number of nitrogens with zero attached hydrogens (tertiary/aromatic N) is 2. The van der Waals surface area contributed by atoms with Crippen molar-refractivity contribution in [3.05, 3.63) is 16.1 Å². The molecule has 0 unspecified atom stereocenters. The number of carbonyl (C=O) groups excluding carboxylic acids is 1. The van der Waals surface area contributed by atoms with E-state index in [9.17, 15) is 4.79 Å². The molecule has 0 fully saturated rings. The van der Waals surface area contributed by atoms with Crippen molar-refractivity contribution in [2.75, 3.05) is 36.8 Å². The molecular formula is C14H22Cl2N4O. The molecule has 0 aliphatic heterocycles. The van der Waals surface area contributed by atoms with Gasteiger partial charge in [0, 0.05) is 19.6 Å². The molecule has 118 valence electrons. The van der Waals surface area contributed by atoms with Gasteiger partial charge in [-0.3, -0.25) is 4.79 Å². The molecule has 2 N–H and O–H groups in total. The minimum atomic E-state index is 0.0101. The summed E-state index contributed by atoms with van der Waals surface area (Å²) < 4.78 is 0. The van der Waals surface area contributed by atoms with E-state index >= 15 is 0 Å². The van der Waals surface area contributed by atoms with E-state index in [2.05, 4.69) is 22.5 Å². The van der Waals surface area contributed by atoms with Crippen LogP contribution in [0.4, 0.5) is 11.6 Å². The Hall–Kier alpha value is -1.20. The van der Waals surface area contributed by atoms with E-state index in [-0.39, 0.29) is 12.5 Å². The summed E-state index contributed by atoms with van der Waals surface area (Å²) >= 11 is 12.2. The number of carbonyl (C=O) groups is 1. The molecule has 0 aliphatic carbocycles. The first-order chi connectivity index (χ1) is 10.0. The summed E-state index contributed by atoms with van der Waals surface area (Å²) in [6.45, 7) is 8.24. The van der Waals surface area contributed by atoms with Gasteiger partial charge in [-0.2, -0.15) is 0 Å². The third-order valence-corrected chi connectivity index (χ3v) is 3.57. The zero-order chi connectivity index (χ0) is 15.8. The Morgan fingerprint density at radius 1 is 1.14 bits per heavy atom. The normalized spacial score (nSPS) is 10.3. The number of pyridine rings is 1. The van der Waals surface area contributed by atoms with Crippen molar-refractivity contribution in [1.82, 2.24) is 9.88 Å². The van der Waals surface area contributed by atoms with E-state index < -0.39 is 0 Å². The van der Waals surface area contributed by atoms with E-state index in [0.29, 0.717) is 34.8 Å². The molecule has 0 radical (unpaired) electrons. The van der Waals surface area contributed by atoms with Crippen LogP contribution in [-0.4, -0.2) is 42.0 Å². The van der Waals surface area contributed by atoms with Crippen LogP contribution in [0.5, 0.6) is 0 Å². The molecule has 0 bridgehead atoms.